The third-order valence-corrected chi connectivity index (χ3v) is 7.24. The van der Waals surface area contributed by atoms with Crippen molar-refractivity contribution in [3.63, 3.8) is 0 Å². The van der Waals surface area contributed by atoms with Crippen LogP contribution in [0.15, 0.2) is 66.7 Å². The first-order valence-corrected chi connectivity index (χ1v) is 12.0. The molecule has 4 rings (SSSR count). The lowest BCUT2D eigenvalue weighted by atomic mass is 10.1. The normalized spacial score (nSPS) is 11.7. The highest BCUT2D eigenvalue weighted by atomic mass is 32.2. The van der Waals surface area contributed by atoms with Gasteiger partial charge in [-0.2, -0.15) is 0 Å². The lowest BCUT2D eigenvalue weighted by Gasteiger charge is -2.05. The topological polar surface area (TPSA) is 76.1 Å². The summed E-state index contributed by atoms with van der Waals surface area (Å²) in [5.41, 5.74) is 1.63. The van der Waals surface area contributed by atoms with Crippen LogP contribution in [0, 0.1) is 0 Å². The van der Waals surface area contributed by atoms with Crippen LogP contribution in [-0.2, 0) is 20.4 Å². The van der Waals surface area contributed by atoms with E-state index in [1.165, 1.54) is 11.3 Å². The van der Waals surface area contributed by atoms with E-state index in [9.17, 15) is 13.2 Å². The second kappa shape index (κ2) is 8.31. The molecule has 148 valence electrons. The maximum atomic E-state index is 12.3. The van der Waals surface area contributed by atoms with Crippen molar-refractivity contribution in [1.82, 2.24) is 4.98 Å². The van der Waals surface area contributed by atoms with Crippen molar-refractivity contribution in [3.05, 3.63) is 72.3 Å². The predicted molar refractivity (Wildman–Crippen MR) is 119 cm³/mol. The molecule has 0 unspecified atom stereocenters. The number of nitrogens with zero attached hydrogens (tertiary/aromatic N) is 1. The molecular formula is C22H20N2O3S2. The van der Waals surface area contributed by atoms with Gasteiger partial charge in [-0.3, -0.25) is 4.79 Å². The number of nitrogens with one attached hydrogen (secondary N) is 1. The fourth-order valence-corrected chi connectivity index (χ4v) is 5.58. The first-order chi connectivity index (χ1) is 14.0. The first kappa shape index (κ1) is 19.5. The van der Waals surface area contributed by atoms with E-state index in [4.69, 9.17) is 0 Å². The molecule has 0 fully saturated rings. The monoisotopic (exact) mass is 424 g/mol. The smallest absolute Gasteiger partial charge is 0.226 e. The van der Waals surface area contributed by atoms with E-state index in [1.807, 2.05) is 54.6 Å². The highest BCUT2D eigenvalue weighted by molar-refractivity contribution is 7.90. The van der Waals surface area contributed by atoms with Gasteiger partial charge in [-0.1, -0.05) is 72.0 Å². The predicted octanol–water partition coefficient (Wildman–Crippen LogP) is 4.78. The second-order valence-corrected chi connectivity index (χ2v) is 10.1. The summed E-state index contributed by atoms with van der Waals surface area (Å²) in [5.74, 6) is -0.233. The van der Waals surface area contributed by atoms with E-state index in [-0.39, 0.29) is 30.3 Å². The molecule has 0 spiro atoms. The van der Waals surface area contributed by atoms with Crippen molar-refractivity contribution >= 4 is 53.2 Å². The van der Waals surface area contributed by atoms with Crippen LogP contribution >= 0.6 is 11.3 Å². The number of thiazole rings is 1. The Bertz CT molecular complexity index is 1270. The molecule has 0 aliphatic carbocycles. The summed E-state index contributed by atoms with van der Waals surface area (Å²) in [7, 11) is -3.24. The summed E-state index contributed by atoms with van der Waals surface area (Å²) in [6.07, 6.45) is 0.430. The molecule has 0 saturated carbocycles. The molecule has 0 aliphatic heterocycles. The molecule has 1 heterocycles. The molecule has 29 heavy (non-hydrogen) atoms. The van der Waals surface area contributed by atoms with Crippen LogP contribution < -0.4 is 5.32 Å². The van der Waals surface area contributed by atoms with Crippen LogP contribution in [0.5, 0.6) is 0 Å². The Balaban J connectivity index is 1.35. The van der Waals surface area contributed by atoms with Crippen LogP contribution in [0.1, 0.15) is 18.4 Å². The molecule has 3 aromatic carbocycles. The van der Waals surface area contributed by atoms with Crippen LogP contribution in [0.2, 0.25) is 0 Å². The third-order valence-electron chi connectivity index (χ3n) is 4.62. The largest absolute Gasteiger partial charge is 0.302 e. The standard InChI is InChI=1S/C22H20N2O3S2/c25-20(11-6-14-29(26,27)15-16-7-2-1-3-8-16)23-22-24-21-18-10-5-4-9-17(18)12-13-19(21)28-22/h1-5,7-10,12-13H,6,11,14-15H2,(H,23,24,25). The van der Waals surface area contributed by atoms with Crippen LogP contribution in [0.4, 0.5) is 5.13 Å². The summed E-state index contributed by atoms with van der Waals surface area (Å²) in [4.78, 5) is 16.8. The van der Waals surface area contributed by atoms with Crippen molar-refractivity contribution in [2.75, 3.05) is 11.1 Å². The number of fused-ring (bicyclic) bond motifs is 3. The molecule has 5 nitrogen and oxygen atoms in total. The van der Waals surface area contributed by atoms with Gasteiger partial charge in [0.15, 0.2) is 15.0 Å². The number of rotatable bonds is 7. The zero-order chi connectivity index (χ0) is 20.3. The van der Waals surface area contributed by atoms with Gasteiger partial charge < -0.3 is 5.32 Å². The SMILES string of the molecule is O=C(CCCS(=O)(=O)Cc1ccccc1)Nc1nc2c(ccc3ccccc32)s1. The zero-order valence-corrected chi connectivity index (χ0v) is 17.3. The second-order valence-electron chi connectivity index (χ2n) is 6.88. The molecule has 0 aliphatic rings. The van der Waals surface area contributed by atoms with Gasteiger partial charge in [-0.25, -0.2) is 13.4 Å². The molecule has 1 N–H and O–H groups in total. The summed E-state index contributed by atoms with van der Waals surface area (Å²) >= 11 is 1.42. The van der Waals surface area contributed by atoms with Crippen LogP contribution in [0.3, 0.4) is 0 Å². The lowest BCUT2D eigenvalue weighted by Crippen LogP contribution is -2.15. The fourth-order valence-electron chi connectivity index (χ4n) is 3.25. The van der Waals surface area contributed by atoms with E-state index in [2.05, 4.69) is 10.3 Å². The Labute approximate surface area is 173 Å². The molecule has 0 bridgehead atoms. The molecular weight excluding hydrogens is 404 g/mol. The maximum absolute atomic E-state index is 12.3. The van der Waals surface area contributed by atoms with Crippen LogP contribution in [-0.4, -0.2) is 25.1 Å². The van der Waals surface area contributed by atoms with Crippen LogP contribution in [0.25, 0.3) is 21.0 Å². The Morgan fingerprint density at radius 3 is 2.55 bits per heavy atom. The molecule has 0 saturated heterocycles. The highest BCUT2D eigenvalue weighted by Gasteiger charge is 2.14. The summed E-state index contributed by atoms with van der Waals surface area (Å²) in [6, 6.07) is 21.1. The molecule has 0 atom stereocenters. The van der Waals surface area contributed by atoms with Gasteiger partial charge in [0, 0.05) is 11.8 Å². The molecule has 1 amide bonds. The number of carbonyl (C=O) groups is 1. The number of hydrogen-bond donors (Lipinski definition) is 1. The fraction of sp³-hybridized carbons (Fsp3) is 0.182. The average molecular weight is 425 g/mol. The van der Waals surface area contributed by atoms with E-state index < -0.39 is 9.84 Å². The number of benzene rings is 3. The van der Waals surface area contributed by atoms with Gasteiger partial charge in [0.25, 0.3) is 0 Å². The highest BCUT2D eigenvalue weighted by Crippen LogP contribution is 2.31. The van der Waals surface area contributed by atoms with Gasteiger partial charge in [0.2, 0.25) is 5.91 Å². The van der Waals surface area contributed by atoms with Crippen molar-refractivity contribution in [1.29, 1.82) is 0 Å². The lowest BCUT2D eigenvalue weighted by molar-refractivity contribution is -0.116. The van der Waals surface area contributed by atoms with E-state index >= 15 is 0 Å². The number of aromatic nitrogens is 1. The minimum absolute atomic E-state index is 0.000400. The van der Waals surface area contributed by atoms with E-state index in [1.54, 1.807) is 12.1 Å². The van der Waals surface area contributed by atoms with E-state index in [0.717, 1.165) is 26.6 Å². The van der Waals surface area contributed by atoms with Gasteiger partial charge in [0.1, 0.15) is 0 Å². The van der Waals surface area contributed by atoms with Gasteiger partial charge in [-0.05, 0) is 23.4 Å². The molecule has 7 heteroatoms. The quantitative estimate of drug-likeness (QED) is 0.463. The minimum atomic E-state index is -3.24. The third kappa shape index (κ3) is 4.81. The van der Waals surface area contributed by atoms with Crippen molar-refractivity contribution in [3.8, 4) is 0 Å². The van der Waals surface area contributed by atoms with Gasteiger partial charge in [0.05, 0.1) is 21.7 Å². The Hall–Kier alpha value is -2.77. The zero-order valence-electron chi connectivity index (χ0n) is 15.7. The summed E-state index contributed by atoms with van der Waals surface area (Å²) in [6.45, 7) is 0. The van der Waals surface area contributed by atoms with Gasteiger partial charge >= 0.3 is 0 Å². The number of sulfone groups is 1. The van der Waals surface area contributed by atoms with E-state index in [0.29, 0.717) is 5.13 Å². The first-order valence-electron chi connectivity index (χ1n) is 9.33. The Morgan fingerprint density at radius 2 is 1.72 bits per heavy atom. The number of amides is 1. The molecule has 0 radical (unpaired) electrons. The van der Waals surface area contributed by atoms with Gasteiger partial charge in [-0.15, -0.1) is 0 Å². The summed E-state index contributed by atoms with van der Waals surface area (Å²) < 4.78 is 25.5. The molecule has 4 aromatic rings. The van der Waals surface area contributed by atoms with Crippen molar-refractivity contribution in [2.45, 2.75) is 18.6 Å². The molecule has 1 aromatic heterocycles. The minimum Gasteiger partial charge on any atom is -0.302 e. The average Bonchev–Trinajstić information content (AvgIpc) is 3.11. The number of hydrogen-bond acceptors (Lipinski definition) is 5. The Morgan fingerprint density at radius 1 is 0.966 bits per heavy atom. The summed E-state index contributed by atoms with van der Waals surface area (Å²) in [5, 5.41) is 5.49. The number of carbonyl (C=O) groups excluding carboxylic acids is 1. The maximum Gasteiger partial charge on any atom is 0.226 e. The number of anilines is 1. The van der Waals surface area contributed by atoms with Crippen molar-refractivity contribution < 1.29 is 13.2 Å². The Kier molecular flexibility index (Phi) is 5.60. The van der Waals surface area contributed by atoms with Crippen molar-refractivity contribution in [2.24, 2.45) is 0 Å².